The summed E-state index contributed by atoms with van der Waals surface area (Å²) in [5.74, 6) is 3.03. The standard InChI is InChI=1S/C15H16N6S/c1-9-19-14(21-20-9)11-4-5-16-13(6-11)17-7-12-8-18-15(22-12)10-2-3-10/h4-6,8,10H,2-3,7H2,1H3,(H,16,17)(H,19,20,21). The van der Waals surface area contributed by atoms with Crippen molar-refractivity contribution in [3.63, 3.8) is 0 Å². The molecule has 0 radical (unpaired) electrons. The average molecular weight is 312 g/mol. The Morgan fingerprint density at radius 3 is 3.05 bits per heavy atom. The number of thiazole rings is 1. The van der Waals surface area contributed by atoms with Gasteiger partial charge in [-0.2, -0.15) is 5.10 Å². The molecule has 1 saturated carbocycles. The zero-order chi connectivity index (χ0) is 14.9. The van der Waals surface area contributed by atoms with Gasteiger partial charge in [-0.15, -0.1) is 11.3 Å². The molecule has 0 aliphatic heterocycles. The number of H-pyrrole nitrogens is 1. The predicted molar refractivity (Wildman–Crippen MR) is 85.8 cm³/mol. The second-order valence-electron chi connectivity index (χ2n) is 5.47. The first kappa shape index (κ1) is 13.4. The summed E-state index contributed by atoms with van der Waals surface area (Å²) in [7, 11) is 0. The number of rotatable bonds is 5. The lowest BCUT2D eigenvalue weighted by Gasteiger charge is -2.04. The van der Waals surface area contributed by atoms with Crippen molar-refractivity contribution in [3.05, 3.63) is 40.2 Å². The molecule has 0 unspecified atom stereocenters. The first-order chi connectivity index (χ1) is 10.8. The van der Waals surface area contributed by atoms with Crippen molar-refractivity contribution >= 4 is 17.2 Å². The van der Waals surface area contributed by atoms with Crippen LogP contribution in [0.1, 0.15) is 34.5 Å². The van der Waals surface area contributed by atoms with E-state index in [0.29, 0.717) is 11.7 Å². The monoisotopic (exact) mass is 312 g/mol. The summed E-state index contributed by atoms with van der Waals surface area (Å²) in [6.45, 7) is 2.63. The van der Waals surface area contributed by atoms with E-state index in [1.165, 1.54) is 22.7 Å². The van der Waals surface area contributed by atoms with Crippen LogP contribution in [0.25, 0.3) is 11.4 Å². The number of aryl methyl sites for hydroxylation is 1. The quantitative estimate of drug-likeness (QED) is 0.756. The van der Waals surface area contributed by atoms with E-state index in [1.54, 1.807) is 17.5 Å². The number of hydrogen-bond acceptors (Lipinski definition) is 6. The normalized spacial score (nSPS) is 14.2. The van der Waals surface area contributed by atoms with E-state index in [0.717, 1.165) is 23.8 Å². The summed E-state index contributed by atoms with van der Waals surface area (Å²) in [4.78, 5) is 14.4. The summed E-state index contributed by atoms with van der Waals surface area (Å²) >= 11 is 1.80. The third-order valence-corrected chi connectivity index (χ3v) is 4.72. The van der Waals surface area contributed by atoms with Crippen molar-refractivity contribution in [2.45, 2.75) is 32.2 Å². The first-order valence-corrected chi connectivity index (χ1v) is 8.13. The van der Waals surface area contributed by atoms with Gasteiger partial charge in [0.2, 0.25) is 0 Å². The van der Waals surface area contributed by atoms with Crippen LogP contribution in [0.15, 0.2) is 24.5 Å². The van der Waals surface area contributed by atoms with Crippen LogP contribution < -0.4 is 5.32 Å². The van der Waals surface area contributed by atoms with Crippen molar-refractivity contribution < 1.29 is 0 Å². The Hall–Kier alpha value is -2.28. The van der Waals surface area contributed by atoms with Crippen LogP contribution >= 0.6 is 11.3 Å². The lowest BCUT2D eigenvalue weighted by molar-refractivity contribution is 1.04. The summed E-state index contributed by atoms with van der Waals surface area (Å²) in [6, 6.07) is 3.87. The second-order valence-corrected chi connectivity index (χ2v) is 6.61. The highest BCUT2D eigenvalue weighted by Gasteiger charge is 2.26. The molecule has 3 aromatic heterocycles. The highest BCUT2D eigenvalue weighted by atomic mass is 32.1. The molecule has 3 heterocycles. The van der Waals surface area contributed by atoms with Crippen molar-refractivity contribution in [2.75, 3.05) is 5.32 Å². The highest BCUT2D eigenvalue weighted by molar-refractivity contribution is 7.11. The van der Waals surface area contributed by atoms with Crippen LogP contribution in [0.3, 0.4) is 0 Å². The summed E-state index contributed by atoms with van der Waals surface area (Å²) < 4.78 is 0. The molecule has 1 aliphatic carbocycles. The maximum absolute atomic E-state index is 4.49. The molecule has 0 atom stereocenters. The minimum Gasteiger partial charge on any atom is -0.365 e. The number of hydrogen-bond donors (Lipinski definition) is 2. The van der Waals surface area contributed by atoms with Gasteiger partial charge < -0.3 is 5.32 Å². The van der Waals surface area contributed by atoms with E-state index in [4.69, 9.17) is 0 Å². The van der Waals surface area contributed by atoms with E-state index < -0.39 is 0 Å². The maximum Gasteiger partial charge on any atom is 0.181 e. The molecule has 0 amide bonds. The van der Waals surface area contributed by atoms with Gasteiger partial charge in [0, 0.05) is 28.8 Å². The zero-order valence-corrected chi connectivity index (χ0v) is 13.0. The third kappa shape index (κ3) is 2.85. The second kappa shape index (κ2) is 5.49. The fourth-order valence-corrected chi connectivity index (χ4v) is 3.27. The molecular weight excluding hydrogens is 296 g/mol. The molecule has 7 heteroatoms. The Morgan fingerprint density at radius 2 is 2.27 bits per heavy atom. The Kier molecular flexibility index (Phi) is 3.34. The van der Waals surface area contributed by atoms with Gasteiger partial charge >= 0.3 is 0 Å². The lowest BCUT2D eigenvalue weighted by atomic mass is 10.2. The van der Waals surface area contributed by atoms with Crippen LogP contribution in [0.4, 0.5) is 5.82 Å². The molecule has 4 rings (SSSR count). The number of aromatic amines is 1. The Morgan fingerprint density at radius 1 is 1.36 bits per heavy atom. The van der Waals surface area contributed by atoms with E-state index in [9.17, 15) is 0 Å². The Labute approximate surface area is 132 Å². The molecule has 0 spiro atoms. The minimum absolute atomic E-state index is 0.691. The van der Waals surface area contributed by atoms with Gasteiger partial charge in [0.15, 0.2) is 5.82 Å². The average Bonchev–Trinajstić information content (AvgIpc) is 3.12. The number of anilines is 1. The van der Waals surface area contributed by atoms with Gasteiger partial charge in [-0.1, -0.05) is 0 Å². The van der Waals surface area contributed by atoms with E-state index in [2.05, 4.69) is 30.5 Å². The van der Waals surface area contributed by atoms with Crippen LogP contribution in [-0.4, -0.2) is 25.1 Å². The van der Waals surface area contributed by atoms with Crippen LogP contribution in [-0.2, 0) is 6.54 Å². The molecule has 1 fully saturated rings. The van der Waals surface area contributed by atoms with Crippen molar-refractivity contribution in [1.82, 2.24) is 25.1 Å². The van der Waals surface area contributed by atoms with E-state index in [-0.39, 0.29) is 0 Å². The third-order valence-electron chi connectivity index (χ3n) is 3.56. The molecule has 0 bridgehead atoms. The van der Waals surface area contributed by atoms with Gasteiger partial charge in [0.1, 0.15) is 11.6 Å². The zero-order valence-electron chi connectivity index (χ0n) is 12.2. The molecular formula is C15H16N6S. The molecule has 3 aromatic rings. The number of nitrogens with zero attached hydrogens (tertiary/aromatic N) is 4. The van der Waals surface area contributed by atoms with Gasteiger partial charge in [0.25, 0.3) is 0 Å². The maximum atomic E-state index is 4.49. The van der Waals surface area contributed by atoms with Gasteiger partial charge in [0.05, 0.1) is 11.6 Å². The number of nitrogens with one attached hydrogen (secondary N) is 2. The first-order valence-electron chi connectivity index (χ1n) is 7.32. The number of pyridine rings is 1. The summed E-state index contributed by atoms with van der Waals surface area (Å²) in [5, 5.41) is 11.6. The van der Waals surface area contributed by atoms with Gasteiger partial charge in [-0.05, 0) is 31.9 Å². The summed E-state index contributed by atoms with van der Waals surface area (Å²) in [6.07, 6.45) is 6.32. The van der Waals surface area contributed by atoms with Crippen molar-refractivity contribution in [1.29, 1.82) is 0 Å². The van der Waals surface area contributed by atoms with E-state index >= 15 is 0 Å². The minimum atomic E-state index is 0.691. The molecule has 0 saturated heterocycles. The predicted octanol–water partition coefficient (Wildman–Crippen LogP) is 3.12. The van der Waals surface area contributed by atoms with Crippen LogP contribution in [0.5, 0.6) is 0 Å². The lowest BCUT2D eigenvalue weighted by Crippen LogP contribution is -1.99. The molecule has 2 N–H and O–H groups in total. The smallest absolute Gasteiger partial charge is 0.181 e. The fourth-order valence-electron chi connectivity index (χ4n) is 2.24. The molecule has 1 aliphatic rings. The molecule has 0 aromatic carbocycles. The topological polar surface area (TPSA) is 79.4 Å². The fraction of sp³-hybridized carbons (Fsp3) is 0.333. The summed E-state index contributed by atoms with van der Waals surface area (Å²) in [5.41, 5.74) is 0.949. The van der Waals surface area contributed by atoms with Gasteiger partial charge in [-0.3, -0.25) is 5.10 Å². The van der Waals surface area contributed by atoms with Crippen molar-refractivity contribution in [2.24, 2.45) is 0 Å². The highest BCUT2D eigenvalue weighted by Crippen LogP contribution is 2.41. The Balaban J connectivity index is 1.45. The largest absolute Gasteiger partial charge is 0.365 e. The van der Waals surface area contributed by atoms with Crippen molar-refractivity contribution in [3.8, 4) is 11.4 Å². The van der Waals surface area contributed by atoms with Crippen LogP contribution in [0, 0.1) is 6.92 Å². The van der Waals surface area contributed by atoms with Gasteiger partial charge in [-0.25, -0.2) is 15.0 Å². The van der Waals surface area contributed by atoms with Crippen LogP contribution in [0.2, 0.25) is 0 Å². The Bertz CT molecular complexity index is 789. The molecule has 112 valence electrons. The molecule has 6 nitrogen and oxygen atoms in total. The SMILES string of the molecule is Cc1nc(-c2ccnc(NCc3cnc(C4CC4)s3)c2)n[nH]1. The number of aromatic nitrogens is 5. The molecule has 22 heavy (non-hydrogen) atoms. The van der Waals surface area contributed by atoms with E-state index in [1.807, 2.05) is 25.3 Å².